The first-order valence-electron chi connectivity index (χ1n) is 5.38. The first-order valence-corrected chi connectivity index (χ1v) is 6.14. The Morgan fingerprint density at radius 3 is 2.72 bits per heavy atom. The Balaban J connectivity index is 2.18. The third-order valence-electron chi connectivity index (χ3n) is 2.59. The Kier molecular flexibility index (Phi) is 3.68. The standard InChI is InChI=1S/C12H13Cl2N3O/c1-7-11(6-17(2)16-7)15-5-8-3-9(13)4-10(14)12(8)18/h3-4,6,15,18H,5H2,1-2H3. The van der Waals surface area contributed by atoms with Gasteiger partial charge in [0, 0.05) is 30.4 Å². The van der Waals surface area contributed by atoms with Crippen molar-refractivity contribution < 1.29 is 5.11 Å². The lowest BCUT2D eigenvalue weighted by Crippen LogP contribution is -2.00. The average Bonchev–Trinajstić information content (AvgIpc) is 2.60. The van der Waals surface area contributed by atoms with Crippen LogP contribution < -0.4 is 5.32 Å². The van der Waals surface area contributed by atoms with Gasteiger partial charge in [0.1, 0.15) is 5.75 Å². The largest absolute Gasteiger partial charge is 0.506 e. The molecule has 0 saturated heterocycles. The van der Waals surface area contributed by atoms with Crippen LogP contribution in [-0.4, -0.2) is 14.9 Å². The van der Waals surface area contributed by atoms with Gasteiger partial charge in [-0.25, -0.2) is 0 Å². The highest BCUT2D eigenvalue weighted by Gasteiger charge is 2.09. The molecule has 0 unspecified atom stereocenters. The van der Waals surface area contributed by atoms with E-state index in [1.54, 1.807) is 10.7 Å². The first kappa shape index (κ1) is 13.1. The minimum Gasteiger partial charge on any atom is -0.506 e. The Hall–Kier alpha value is -1.39. The van der Waals surface area contributed by atoms with E-state index in [4.69, 9.17) is 23.2 Å². The number of nitrogens with one attached hydrogen (secondary N) is 1. The zero-order chi connectivity index (χ0) is 13.3. The number of hydrogen-bond donors (Lipinski definition) is 2. The molecular formula is C12H13Cl2N3O. The number of hydrogen-bond acceptors (Lipinski definition) is 3. The molecule has 1 aromatic carbocycles. The van der Waals surface area contributed by atoms with Gasteiger partial charge in [-0.2, -0.15) is 5.10 Å². The predicted octanol–water partition coefficient (Wildman–Crippen LogP) is 3.35. The number of nitrogens with zero attached hydrogens (tertiary/aromatic N) is 2. The summed E-state index contributed by atoms with van der Waals surface area (Å²) in [4.78, 5) is 0. The fourth-order valence-corrected chi connectivity index (χ4v) is 2.25. The number of aryl methyl sites for hydroxylation is 2. The molecule has 6 heteroatoms. The maximum Gasteiger partial charge on any atom is 0.139 e. The predicted molar refractivity (Wildman–Crippen MR) is 73.4 cm³/mol. The van der Waals surface area contributed by atoms with Crippen molar-refractivity contribution in [3.63, 3.8) is 0 Å². The van der Waals surface area contributed by atoms with Crippen LogP contribution in [0.15, 0.2) is 18.3 Å². The molecule has 2 rings (SSSR count). The minimum absolute atomic E-state index is 0.0510. The van der Waals surface area contributed by atoms with Crippen molar-refractivity contribution in [1.82, 2.24) is 9.78 Å². The smallest absolute Gasteiger partial charge is 0.139 e. The van der Waals surface area contributed by atoms with Gasteiger partial charge in [0.25, 0.3) is 0 Å². The topological polar surface area (TPSA) is 50.1 Å². The van der Waals surface area contributed by atoms with Gasteiger partial charge in [0.15, 0.2) is 0 Å². The quantitative estimate of drug-likeness (QED) is 0.909. The van der Waals surface area contributed by atoms with Crippen molar-refractivity contribution in [3.8, 4) is 5.75 Å². The zero-order valence-electron chi connectivity index (χ0n) is 10.0. The third-order valence-corrected chi connectivity index (χ3v) is 3.10. The normalized spacial score (nSPS) is 10.7. The lowest BCUT2D eigenvalue weighted by Gasteiger charge is -2.09. The van der Waals surface area contributed by atoms with Gasteiger partial charge in [-0.05, 0) is 19.1 Å². The van der Waals surface area contributed by atoms with Gasteiger partial charge < -0.3 is 10.4 Å². The highest BCUT2D eigenvalue weighted by Crippen LogP contribution is 2.31. The fraction of sp³-hybridized carbons (Fsp3) is 0.250. The van der Waals surface area contributed by atoms with Crippen molar-refractivity contribution in [2.75, 3.05) is 5.32 Å². The molecule has 0 fully saturated rings. The highest BCUT2D eigenvalue weighted by atomic mass is 35.5. The van der Waals surface area contributed by atoms with E-state index in [0.717, 1.165) is 11.4 Å². The van der Waals surface area contributed by atoms with Crippen LogP contribution >= 0.6 is 23.2 Å². The summed E-state index contributed by atoms with van der Waals surface area (Å²) in [6, 6.07) is 3.19. The minimum atomic E-state index is 0.0510. The average molecular weight is 286 g/mol. The first-order chi connectivity index (χ1) is 8.47. The number of phenols is 1. The summed E-state index contributed by atoms with van der Waals surface area (Å²) in [5.74, 6) is 0.0510. The Morgan fingerprint density at radius 2 is 2.11 bits per heavy atom. The molecule has 0 aliphatic rings. The van der Waals surface area contributed by atoms with E-state index in [1.807, 2.05) is 20.2 Å². The van der Waals surface area contributed by atoms with Crippen molar-refractivity contribution in [2.45, 2.75) is 13.5 Å². The molecule has 18 heavy (non-hydrogen) atoms. The van der Waals surface area contributed by atoms with Crippen LogP contribution in [0, 0.1) is 6.92 Å². The lowest BCUT2D eigenvalue weighted by molar-refractivity contribution is 0.469. The van der Waals surface area contributed by atoms with Gasteiger partial charge in [0.05, 0.1) is 16.4 Å². The van der Waals surface area contributed by atoms with Crippen molar-refractivity contribution in [1.29, 1.82) is 0 Å². The number of aromatic nitrogens is 2. The molecule has 96 valence electrons. The van der Waals surface area contributed by atoms with Crippen LogP contribution in [0.2, 0.25) is 10.0 Å². The molecule has 2 aromatic rings. The Labute approximate surface area is 115 Å². The number of anilines is 1. The summed E-state index contributed by atoms with van der Waals surface area (Å²) in [7, 11) is 1.85. The molecule has 1 heterocycles. The number of halogens is 2. The molecule has 4 nitrogen and oxygen atoms in total. The molecule has 0 aliphatic heterocycles. The summed E-state index contributed by atoms with van der Waals surface area (Å²) in [6.07, 6.45) is 1.87. The van der Waals surface area contributed by atoms with Crippen LogP contribution in [0.25, 0.3) is 0 Å². The van der Waals surface area contributed by atoms with Crippen LogP contribution in [0.1, 0.15) is 11.3 Å². The van der Waals surface area contributed by atoms with E-state index in [0.29, 0.717) is 17.1 Å². The van der Waals surface area contributed by atoms with Gasteiger partial charge in [-0.1, -0.05) is 23.2 Å². The van der Waals surface area contributed by atoms with Crippen LogP contribution in [0.5, 0.6) is 5.75 Å². The molecule has 0 amide bonds. The van der Waals surface area contributed by atoms with Crippen molar-refractivity contribution >= 4 is 28.9 Å². The van der Waals surface area contributed by atoms with E-state index in [9.17, 15) is 5.11 Å². The summed E-state index contributed by atoms with van der Waals surface area (Å²) < 4.78 is 1.72. The molecular weight excluding hydrogens is 273 g/mol. The van der Waals surface area contributed by atoms with E-state index in [1.165, 1.54) is 6.07 Å². The summed E-state index contributed by atoms with van der Waals surface area (Å²) in [5.41, 5.74) is 2.45. The molecule has 1 aromatic heterocycles. The van der Waals surface area contributed by atoms with E-state index in [2.05, 4.69) is 10.4 Å². The molecule has 0 aliphatic carbocycles. The lowest BCUT2D eigenvalue weighted by atomic mass is 10.2. The molecule has 0 atom stereocenters. The fourth-order valence-electron chi connectivity index (χ4n) is 1.72. The molecule has 2 N–H and O–H groups in total. The van der Waals surface area contributed by atoms with Gasteiger partial charge >= 0.3 is 0 Å². The van der Waals surface area contributed by atoms with E-state index in [-0.39, 0.29) is 10.8 Å². The summed E-state index contributed by atoms with van der Waals surface area (Å²) in [5, 5.41) is 18.0. The van der Waals surface area contributed by atoms with Gasteiger partial charge in [0.2, 0.25) is 0 Å². The highest BCUT2D eigenvalue weighted by molar-refractivity contribution is 6.35. The monoisotopic (exact) mass is 285 g/mol. The Bertz CT molecular complexity index is 581. The zero-order valence-corrected chi connectivity index (χ0v) is 11.5. The number of phenolic OH excluding ortho intramolecular Hbond substituents is 1. The number of benzene rings is 1. The number of aromatic hydroxyl groups is 1. The maximum atomic E-state index is 9.82. The maximum absolute atomic E-state index is 9.82. The van der Waals surface area contributed by atoms with Gasteiger partial charge in [-0.3, -0.25) is 4.68 Å². The molecule has 0 radical (unpaired) electrons. The van der Waals surface area contributed by atoms with Crippen LogP contribution in [-0.2, 0) is 13.6 Å². The van der Waals surface area contributed by atoms with E-state index < -0.39 is 0 Å². The van der Waals surface area contributed by atoms with Crippen molar-refractivity contribution in [3.05, 3.63) is 39.6 Å². The molecule has 0 bridgehead atoms. The molecule has 0 saturated carbocycles. The summed E-state index contributed by atoms with van der Waals surface area (Å²) >= 11 is 11.8. The second-order valence-corrected chi connectivity index (χ2v) is 4.89. The van der Waals surface area contributed by atoms with Crippen LogP contribution in [0.3, 0.4) is 0 Å². The van der Waals surface area contributed by atoms with Crippen LogP contribution in [0.4, 0.5) is 5.69 Å². The molecule has 0 spiro atoms. The van der Waals surface area contributed by atoms with Crippen molar-refractivity contribution in [2.24, 2.45) is 7.05 Å². The second kappa shape index (κ2) is 5.08. The Morgan fingerprint density at radius 1 is 1.39 bits per heavy atom. The second-order valence-electron chi connectivity index (χ2n) is 4.05. The summed E-state index contributed by atoms with van der Waals surface area (Å²) in [6.45, 7) is 2.34. The number of rotatable bonds is 3. The SMILES string of the molecule is Cc1nn(C)cc1NCc1cc(Cl)cc(Cl)c1O. The third kappa shape index (κ3) is 2.71. The van der Waals surface area contributed by atoms with E-state index >= 15 is 0 Å². The van der Waals surface area contributed by atoms with Gasteiger partial charge in [-0.15, -0.1) is 0 Å².